The zero-order valence-electron chi connectivity index (χ0n) is 9.03. The standard InChI is InChI=1S/C11H16N2O2/c1-2-3-4-10-12-11(15-13-10)7-9(14)8-5-6-8/h8H,2-7H2,1H3. The van der Waals surface area contributed by atoms with Crippen molar-refractivity contribution in [2.45, 2.75) is 45.4 Å². The lowest BCUT2D eigenvalue weighted by atomic mass is 10.2. The van der Waals surface area contributed by atoms with Gasteiger partial charge in [0.05, 0.1) is 6.42 Å². The molecule has 0 atom stereocenters. The summed E-state index contributed by atoms with van der Waals surface area (Å²) >= 11 is 0. The SMILES string of the molecule is CCCCc1noc(CC(=O)C2CC2)n1. The van der Waals surface area contributed by atoms with E-state index in [1.807, 2.05) is 0 Å². The Labute approximate surface area is 89.1 Å². The number of aromatic nitrogens is 2. The topological polar surface area (TPSA) is 56.0 Å². The Hall–Kier alpha value is -1.19. The van der Waals surface area contributed by atoms with Crippen molar-refractivity contribution in [1.29, 1.82) is 0 Å². The Bertz CT molecular complexity index is 342. The van der Waals surface area contributed by atoms with Gasteiger partial charge in [-0.15, -0.1) is 0 Å². The third kappa shape index (κ3) is 2.88. The second-order valence-electron chi connectivity index (χ2n) is 4.13. The molecule has 4 nitrogen and oxygen atoms in total. The largest absolute Gasteiger partial charge is 0.339 e. The first-order valence-electron chi connectivity index (χ1n) is 5.63. The van der Waals surface area contributed by atoms with Gasteiger partial charge in [0.25, 0.3) is 0 Å². The van der Waals surface area contributed by atoms with Gasteiger partial charge in [0.15, 0.2) is 5.82 Å². The lowest BCUT2D eigenvalue weighted by Gasteiger charge is -1.90. The highest BCUT2D eigenvalue weighted by atomic mass is 16.5. The van der Waals surface area contributed by atoms with Crippen LogP contribution >= 0.6 is 0 Å². The number of aryl methyl sites for hydroxylation is 1. The summed E-state index contributed by atoms with van der Waals surface area (Å²) in [5.74, 6) is 1.74. The van der Waals surface area contributed by atoms with Gasteiger partial charge < -0.3 is 4.52 Å². The van der Waals surface area contributed by atoms with Crippen LogP contribution in [0.2, 0.25) is 0 Å². The van der Waals surface area contributed by atoms with Crippen molar-refractivity contribution in [3.05, 3.63) is 11.7 Å². The van der Waals surface area contributed by atoms with E-state index in [4.69, 9.17) is 4.52 Å². The van der Waals surface area contributed by atoms with E-state index < -0.39 is 0 Å². The number of unbranched alkanes of at least 4 members (excludes halogenated alkanes) is 1. The fourth-order valence-electron chi connectivity index (χ4n) is 1.50. The lowest BCUT2D eigenvalue weighted by molar-refractivity contribution is -0.119. The van der Waals surface area contributed by atoms with Gasteiger partial charge in [-0.1, -0.05) is 18.5 Å². The first kappa shape index (κ1) is 10.3. The maximum Gasteiger partial charge on any atom is 0.234 e. The Morgan fingerprint density at radius 2 is 2.33 bits per heavy atom. The van der Waals surface area contributed by atoms with Crippen molar-refractivity contribution >= 4 is 5.78 Å². The molecule has 2 rings (SSSR count). The molecule has 1 saturated carbocycles. The lowest BCUT2D eigenvalue weighted by Crippen LogP contribution is -2.04. The minimum absolute atomic E-state index is 0.251. The van der Waals surface area contributed by atoms with E-state index in [0.29, 0.717) is 12.3 Å². The summed E-state index contributed by atoms with van der Waals surface area (Å²) in [4.78, 5) is 15.7. The first-order chi connectivity index (χ1) is 7.29. The van der Waals surface area contributed by atoms with Crippen LogP contribution < -0.4 is 0 Å². The Balaban J connectivity index is 1.85. The van der Waals surface area contributed by atoms with Crippen LogP contribution in [0.3, 0.4) is 0 Å². The number of hydrogen-bond acceptors (Lipinski definition) is 4. The van der Waals surface area contributed by atoms with Crippen molar-refractivity contribution in [3.63, 3.8) is 0 Å². The van der Waals surface area contributed by atoms with Crippen LogP contribution in [0.5, 0.6) is 0 Å². The van der Waals surface area contributed by atoms with Gasteiger partial charge >= 0.3 is 0 Å². The second kappa shape index (κ2) is 4.55. The zero-order valence-corrected chi connectivity index (χ0v) is 9.03. The van der Waals surface area contributed by atoms with E-state index in [9.17, 15) is 4.79 Å². The maximum absolute atomic E-state index is 11.5. The second-order valence-corrected chi connectivity index (χ2v) is 4.13. The van der Waals surface area contributed by atoms with E-state index in [1.54, 1.807) is 0 Å². The van der Waals surface area contributed by atoms with Crippen LogP contribution in [0.4, 0.5) is 0 Å². The van der Waals surface area contributed by atoms with Crippen molar-refractivity contribution in [2.75, 3.05) is 0 Å². The van der Waals surface area contributed by atoms with Crippen LogP contribution in [0.25, 0.3) is 0 Å². The van der Waals surface area contributed by atoms with Crippen LogP contribution in [-0.2, 0) is 17.6 Å². The molecule has 1 heterocycles. The molecule has 82 valence electrons. The molecule has 1 aromatic rings. The van der Waals surface area contributed by atoms with Crippen molar-refractivity contribution in [3.8, 4) is 0 Å². The van der Waals surface area contributed by atoms with Gasteiger partial charge in [-0.2, -0.15) is 4.98 Å². The molecule has 0 aromatic carbocycles. The summed E-state index contributed by atoms with van der Waals surface area (Å²) in [7, 11) is 0. The molecule has 0 N–H and O–H groups in total. The minimum Gasteiger partial charge on any atom is -0.339 e. The molecular weight excluding hydrogens is 192 g/mol. The molecule has 0 saturated heterocycles. The van der Waals surface area contributed by atoms with Crippen LogP contribution in [0.15, 0.2) is 4.52 Å². The van der Waals surface area contributed by atoms with E-state index in [-0.39, 0.29) is 11.7 Å². The smallest absolute Gasteiger partial charge is 0.234 e. The van der Waals surface area contributed by atoms with Crippen LogP contribution in [0, 0.1) is 5.92 Å². The molecule has 1 aromatic heterocycles. The third-order valence-corrected chi connectivity index (χ3v) is 2.62. The summed E-state index contributed by atoms with van der Waals surface area (Å²) in [6.45, 7) is 2.12. The number of nitrogens with zero attached hydrogens (tertiary/aromatic N) is 2. The molecule has 1 aliphatic rings. The first-order valence-corrected chi connectivity index (χ1v) is 5.63. The number of Topliss-reactive ketones (excluding diaryl/α,β-unsaturated/α-hetero) is 1. The summed E-state index contributed by atoms with van der Waals surface area (Å²) in [6.07, 6.45) is 5.42. The fourth-order valence-corrected chi connectivity index (χ4v) is 1.50. The van der Waals surface area contributed by atoms with E-state index in [1.165, 1.54) is 0 Å². The van der Waals surface area contributed by atoms with E-state index in [0.717, 1.165) is 37.9 Å². The van der Waals surface area contributed by atoms with Gasteiger partial charge in [0.1, 0.15) is 5.78 Å². The van der Waals surface area contributed by atoms with Gasteiger partial charge in [-0.25, -0.2) is 0 Å². The zero-order chi connectivity index (χ0) is 10.7. The maximum atomic E-state index is 11.5. The molecule has 1 fully saturated rings. The number of carbonyl (C=O) groups is 1. The number of carbonyl (C=O) groups excluding carboxylic acids is 1. The predicted molar refractivity (Wildman–Crippen MR) is 54.3 cm³/mol. The number of hydrogen-bond donors (Lipinski definition) is 0. The Morgan fingerprint density at radius 3 is 3.00 bits per heavy atom. The highest BCUT2D eigenvalue weighted by Gasteiger charge is 2.30. The van der Waals surface area contributed by atoms with E-state index in [2.05, 4.69) is 17.1 Å². The summed E-state index contributed by atoms with van der Waals surface area (Å²) in [5.41, 5.74) is 0. The molecule has 4 heteroatoms. The highest BCUT2D eigenvalue weighted by Crippen LogP contribution is 2.30. The highest BCUT2D eigenvalue weighted by molar-refractivity contribution is 5.84. The Kier molecular flexibility index (Phi) is 3.14. The molecule has 0 bridgehead atoms. The molecule has 0 aliphatic heterocycles. The minimum atomic E-state index is 0.251. The predicted octanol–water partition coefficient (Wildman–Crippen LogP) is 1.93. The quantitative estimate of drug-likeness (QED) is 0.716. The summed E-state index contributed by atoms with van der Waals surface area (Å²) < 4.78 is 5.03. The van der Waals surface area contributed by atoms with Crippen molar-refractivity contribution < 1.29 is 9.32 Å². The van der Waals surface area contributed by atoms with Gasteiger partial charge in [-0.05, 0) is 19.3 Å². The molecule has 15 heavy (non-hydrogen) atoms. The van der Waals surface area contributed by atoms with Crippen LogP contribution in [-0.4, -0.2) is 15.9 Å². The summed E-state index contributed by atoms with van der Waals surface area (Å²) in [6, 6.07) is 0. The molecule has 0 spiro atoms. The third-order valence-electron chi connectivity index (χ3n) is 2.62. The number of rotatable bonds is 6. The summed E-state index contributed by atoms with van der Waals surface area (Å²) in [5, 5.41) is 3.85. The van der Waals surface area contributed by atoms with Crippen molar-refractivity contribution in [2.24, 2.45) is 5.92 Å². The molecule has 0 unspecified atom stereocenters. The van der Waals surface area contributed by atoms with E-state index >= 15 is 0 Å². The normalized spacial score (nSPS) is 15.5. The molecule has 0 amide bonds. The fraction of sp³-hybridized carbons (Fsp3) is 0.727. The Morgan fingerprint density at radius 1 is 1.53 bits per heavy atom. The number of ketones is 1. The van der Waals surface area contributed by atoms with Crippen LogP contribution in [0.1, 0.15) is 44.3 Å². The molecule has 1 aliphatic carbocycles. The van der Waals surface area contributed by atoms with Crippen molar-refractivity contribution in [1.82, 2.24) is 10.1 Å². The average molecular weight is 208 g/mol. The van der Waals surface area contributed by atoms with Gasteiger partial charge in [0, 0.05) is 12.3 Å². The molecular formula is C11H16N2O2. The van der Waals surface area contributed by atoms with Gasteiger partial charge in [-0.3, -0.25) is 4.79 Å². The van der Waals surface area contributed by atoms with Gasteiger partial charge in [0.2, 0.25) is 5.89 Å². The average Bonchev–Trinajstić information content (AvgIpc) is 2.99. The molecule has 0 radical (unpaired) electrons. The monoisotopic (exact) mass is 208 g/mol.